The predicted molar refractivity (Wildman–Crippen MR) is 74.4 cm³/mol. The molecule has 1 aliphatic carbocycles. The topological polar surface area (TPSA) is 41.1 Å². The fourth-order valence-electron chi connectivity index (χ4n) is 3.48. The molecule has 0 spiro atoms. The van der Waals surface area contributed by atoms with Crippen LogP contribution in [-0.4, -0.2) is 24.5 Å². The summed E-state index contributed by atoms with van der Waals surface area (Å²) in [5.74, 6) is 1.62. The Kier molecular flexibility index (Phi) is 5.04. The summed E-state index contributed by atoms with van der Waals surface area (Å²) in [5.41, 5.74) is 0. The summed E-state index contributed by atoms with van der Waals surface area (Å²) in [6, 6.07) is 0.475. The molecule has 1 heterocycles. The van der Waals surface area contributed by atoms with Gasteiger partial charge in [-0.05, 0) is 44.1 Å². The molecule has 0 aromatic heterocycles. The number of carbonyl (C=O) groups is 1. The van der Waals surface area contributed by atoms with Gasteiger partial charge in [-0.3, -0.25) is 4.79 Å². The molecular weight excluding hydrogens is 224 g/mol. The maximum absolute atomic E-state index is 12.3. The van der Waals surface area contributed by atoms with Crippen LogP contribution in [0.5, 0.6) is 0 Å². The van der Waals surface area contributed by atoms with Crippen LogP contribution >= 0.6 is 0 Å². The summed E-state index contributed by atoms with van der Waals surface area (Å²) in [4.78, 5) is 12.3. The van der Waals surface area contributed by atoms with Gasteiger partial charge in [0.15, 0.2) is 0 Å². The van der Waals surface area contributed by atoms with Gasteiger partial charge in [0.2, 0.25) is 5.91 Å². The van der Waals surface area contributed by atoms with E-state index in [1.54, 1.807) is 0 Å². The van der Waals surface area contributed by atoms with Crippen molar-refractivity contribution in [1.82, 2.24) is 10.6 Å². The van der Waals surface area contributed by atoms with Crippen LogP contribution in [0.2, 0.25) is 0 Å². The molecule has 18 heavy (non-hydrogen) atoms. The highest BCUT2D eigenvalue weighted by Gasteiger charge is 2.29. The Morgan fingerprint density at radius 2 is 2.06 bits per heavy atom. The Labute approximate surface area is 111 Å². The third-order valence-corrected chi connectivity index (χ3v) is 4.74. The fourth-order valence-corrected chi connectivity index (χ4v) is 3.48. The zero-order valence-electron chi connectivity index (χ0n) is 11.9. The van der Waals surface area contributed by atoms with Crippen molar-refractivity contribution in [2.24, 2.45) is 11.8 Å². The first-order chi connectivity index (χ1) is 8.70. The lowest BCUT2D eigenvalue weighted by Gasteiger charge is -2.34. The van der Waals surface area contributed by atoms with E-state index >= 15 is 0 Å². The highest BCUT2D eigenvalue weighted by atomic mass is 16.2. The van der Waals surface area contributed by atoms with Crippen molar-refractivity contribution in [2.45, 2.75) is 70.9 Å². The fraction of sp³-hybridized carbons (Fsp3) is 0.933. The molecule has 1 aliphatic heterocycles. The van der Waals surface area contributed by atoms with Crippen LogP contribution in [0.15, 0.2) is 0 Å². The molecule has 0 radical (unpaired) electrons. The number of piperidine rings is 1. The SMILES string of the molecule is CCC1CCCCC1NC(=O)C1CC(C)CCN1. The molecule has 0 aromatic carbocycles. The average molecular weight is 252 g/mol. The van der Waals surface area contributed by atoms with Crippen LogP contribution in [0.3, 0.4) is 0 Å². The third-order valence-electron chi connectivity index (χ3n) is 4.74. The van der Waals surface area contributed by atoms with E-state index in [2.05, 4.69) is 24.5 Å². The lowest BCUT2D eigenvalue weighted by Crippen LogP contribution is -2.52. The Morgan fingerprint density at radius 1 is 1.28 bits per heavy atom. The van der Waals surface area contributed by atoms with E-state index < -0.39 is 0 Å². The number of amides is 1. The molecule has 1 saturated heterocycles. The summed E-state index contributed by atoms with van der Waals surface area (Å²) < 4.78 is 0. The second-order valence-corrected chi connectivity index (χ2v) is 6.20. The summed E-state index contributed by atoms with van der Waals surface area (Å²) in [6.45, 7) is 5.48. The summed E-state index contributed by atoms with van der Waals surface area (Å²) in [7, 11) is 0. The molecule has 2 rings (SSSR count). The van der Waals surface area contributed by atoms with Crippen molar-refractivity contribution in [3.63, 3.8) is 0 Å². The summed E-state index contributed by atoms with van der Waals surface area (Å²) in [5, 5.41) is 6.67. The quantitative estimate of drug-likeness (QED) is 0.810. The van der Waals surface area contributed by atoms with Gasteiger partial charge in [0, 0.05) is 6.04 Å². The van der Waals surface area contributed by atoms with Gasteiger partial charge in [-0.15, -0.1) is 0 Å². The predicted octanol–water partition coefficient (Wildman–Crippen LogP) is 2.46. The Bertz CT molecular complexity index is 280. The van der Waals surface area contributed by atoms with Gasteiger partial charge in [-0.2, -0.15) is 0 Å². The largest absolute Gasteiger partial charge is 0.352 e. The number of nitrogens with one attached hydrogen (secondary N) is 2. The van der Waals surface area contributed by atoms with E-state index in [4.69, 9.17) is 0 Å². The molecular formula is C15H28N2O. The molecule has 2 N–H and O–H groups in total. The summed E-state index contributed by atoms with van der Waals surface area (Å²) in [6.07, 6.45) is 8.46. The van der Waals surface area contributed by atoms with Crippen LogP contribution in [0.4, 0.5) is 0 Å². The molecule has 2 fully saturated rings. The van der Waals surface area contributed by atoms with E-state index in [1.165, 1.54) is 38.5 Å². The molecule has 1 amide bonds. The first kappa shape index (κ1) is 13.9. The van der Waals surface area contributed by atoms with Crippen LogP contribution in [-0.2, 0) is 4.79 Å². The number of carbonyl (C=O) groups excluding carboxylic acids is 1. The third kappa shape index (κ3) is 3.47. The zero-order valence-corrected chi connectivity index (χ0v) is 11.9. The Balaban J connectivity index is 1.85. The molecule has 104 valence electrons. The van der Waals surface area contributed by atoms with Gasteiger partial charge in [0.1, 0.15) is 0 Å². The molecule has 4 atom stereocenters. The second-order valence-electron chi connectivity index (χ2n) is 6.20. The van der Waals surface area contributed by atoms with Crippen molar-refractivity contribution in [3.05, 3.63) is 0 Å². The molecule has 2 aliphatic rings. The van der Waals surface area contributed by atoms with Crippen molar-refractivity contribution >= 4 is 5.91 Å². The average Bonchev–Trinajstić information content (AvgIpc) is 2.39. The van der Waals surface area contributed by atoms with E-state index in [-0.39, 0.29) is 11.9 Å². The lowest BCUT2D eigenvalue weighted by molar-refractivity contribution is -0.125. The smallest absolute Gasteiger partial charge is 0.237 e. The highest BCUT2D eigenvalue weighted by Crippen LogP contribution is 2.27. The van der Waals surface area contributed by atoms with Crippen LogP contribution in [0.1, 0.15) is 58.8 Å². The first-order valence-corrected chi connectivity index (χ1v) is 7.74. The maximum atomic E-state index is 12.3. The van der Waals surface area contributed by atoms with Crippen molar-refractivity contribution in [3.8, 4) is 0 Å². The summed E-state index contributed by atoms with van der Waals surface area (Å²) >= 11 is 0. The van der Waals surface area contributed by atoms with Gasteiger partial charge in [0.05, 0.1) is 6.04 Å². The maximum Gasteiger partial charge on any atom is 0.237 e. The minimum atomic E-state index is 0.0492. The zero-order chi connectivity index (χ0) is 13.0. The van der Waals surface area contributed by atoms with E-state index in [0.29, 0.717) is 17.9 Å². The Morgan fingerprint density at radius 3 is 2.78 bits per heavy atom. The minimum Gasteiger partial charge on any atom is -0.352 e. The lowest BCUT2D eigenvalue weighted by atomic mass is 9.82. The van der Waals surface area contributed by atoms with Crippen molar-refractivity contribution < 1.29 is 4.79 Å². The van der Waals surface area contributed by atoms with Gasteiger partial charge in [-0.25, -0.2) is 0 Å². The van der Waals surface area contributed by atoms with Crippen LogP contribution in [0.25, 0.3) is 0 Å². The van der Waals surface area contributed by atoms with Crippen LogP contribution in [0, 0.1) is 11.8 Å². The standard InChI is InChI=1S/C15H28N2O/c1-3-12-6-4-5-7-13(12)17-15(18)14-10-11(2)8-9-16-14/h11-14,16H,3-10H2,1-2H3,(H,17,18). The molecule has 0 bridgehead atoms. The minimum absolute atomic E-state index is 0.0492. The Hall–Kier alpha value is -0.570. The molecule has 0 aromatic rings. The number of hydrogen-bond donors (Lipinski definition) is 2. The molecule has 3 nitrogen and oxygen atoms in total. The van der Waals surface area contributed by atoms with E-state index in [9.17, 15) is 4.79 Å². The van der Waals surface area contributed by atoms with Gasteiger partial charge < -0.3 is 10.6 Å². The number of hydrogen-bond acceptors (Lipinski definition) is 2. The van der Waals surface area contributed by atoms with E-state index in [0.717, 1.165) is 13.0 Å². The first-order valence-electron chi connectivity index (χ1n) is 7.74. The number of rotatable bonds is 3. The molecule has 3 heteroatoms. The molecule has 1 saturated carbocycles. The van der Waals surface area contributed by atoms with Crippen molar-refractivity contribution in [2.75, 3.05) is 6.54 Å². The van der Waals surface area contributed by atoms with E-state index in [1.807, 2.05) is 0 Å². The molecule has 4 unspecified atom stereocenters. The highest BCUT2D eigenvalue weighted by molar-refractivity contribution is 5.82. The van der Waals surface area contributed by atoms with Crippen molar-refractivity contribution in [1.29, 1.82) is 0 Å². The second kappa shape index (κ2) is 6.55. The van der Waals surface area contributed by atoms with Gasteiger partial charge >= 0.3 is 0 Å². The van der Waals surface area contributed by atoms with Gasteiger partial charge in [0.25, 0.3) is 0 Å². The van der Waals surface area contributed by atoms with Gasteiger partial charge in [-0.1, -0.05) is 33.1 Å². The van der Waals surface area contributed by atoms with Crippen LogP contribution < -0.4 is 10.6 Å². The monoisotopic (exact) mass is 252 g/mol. The normalized spacial score (nSPS) is 37.2.